The minimum absolute atomic E-state index is 0.0729. The number of alkyl halides is 3. The van der Waals surface area contributed by atoms with Gasteiger partial charge >= 0.3 is 6.18 Å². The van der Waals surface area contributed by atoms with E-state index in [1.54, 1.807) is 0 Å². The fourth-order valence-corrected chi connectivity index (χ4v) is 4.95. The predicted molar refractivity (Wildman–Crippen MR) is 83.0 cm³/mol. The lowest BCUT2D eigenvalue weighted by Gasteiger charge is -2.28. The van der Waals surface area contributed by atoms with Gasteiger partial charge in [-0.15, -0.1) is 0 Å². The van der Waals surface area contributed by atoms with E-state index in [1.807, 2.05) is 0 Å². The molecule has 2 aromatic rings. The first-order valence-electron chi connectivity index (χ1n) is 7.72. The monoisotopic (exact) mass is 375 g/mol. The summed E-state index contributed by atoms with van der Waals surface area (Å²) >= 11 is 0. The van der Waals surface area contributed by atoms with E-state index in [0.29, 0.717) is 5.39 Å². The molecule has 25 heavy (non-hydrogen) atoms. The third-order valence-electron chi connectivity index (χ3n) is 5.22. The number of fused-ring (bicyclic) bond motifs is 2. The van der Waals surface area contributed by atoms with E-state index in [-0.39, 0.29) is 41.8 Å². The fraction of sp³-hybridized carbons (Fsp3) is 0.533. The Morgan fingerprint density at radius 2 is 1.96 bits per heavy atom. The van der Waals surface area contributed by atoms with Gasteiger partial charge in [-0.05, 0) is 42.4 Å². The van der Waals surface area contributed by atoms with E-state index in [9.17, 15) is 26.7 Å². The summed E-state index contributed by atoms with van der Waals surface area (Å²) < 4.78 is 64.6. The largest absolute Gasteiger partial charge is 0.416 e. The van der Waals surface area contributed by atoms with Crippen molar-refractivity contribution in [2.45, 2.75) is 30.7 Å². The number of hydrogen-bond acceptors (Lipinski definition) is 4. The molecule has 0 aliphatic heterocycles. The van der Waals surface area contributed by atoms with Gasteiger partial charge in [0.1, 0.15) is 0 Å². The number of aromatic amines is 1. The van der Waals surface area contributed by atoms with Crippen LogP contribution in [0.5, 0.6) is 0 Å². The van der Waals surface area contributed by atoms with Crippen LogP contribution in [0.2, 0.25) is 0 Å². The molecule has 3 N–H and O–H groups in total. The van der Waals surface area contributed by atoms with Crippen molar-refractivity contribution in [2.75, 3.05) is 6.26 Å². The summed E-state index contributed by atoms with van der Waals surface area (Å²) in [5.74, 6) is -0.146. The molecule has 4 atom stereocenters. The van der Waals surface area contributed by atoms with E-state index >= 15 is 0 Å². The highest BCUT2D eigenvalue weighted by molar-refractivity contribution is 7.88. The Bertz CT molecular complexity index is 942. The lowest BCUT2D eigenvalue weighted by Crippen LogP contribution is -2.33. The number of aliphatic hydroxyl groups is 1. The smallest absolute Gasteiger partial charge is 0.385 e. The number of hydrogen-bond donors (Lipinski definition) is 3. The van der Waals surface area contributed by atoms with Crippen LogP contribution in [0.25, 0.3) is 10.9 Å². The van der Waals surface area contributed by atoms with Crippen LogP contribution in [0.3, 0.4) is 0 Å². The van der Waals surface area contributed by atoms with Gasteiger partial charge in [-0.2, -0.15) is 18.3 Å². The molecule has 1 aromatic carbocycles. The van der Waals surface area contributed by atoms with Crippen molar-refractivity contribution >= 4 is 20.9 Å². The maximum atomic E-state index is 13.2. The van der Waals surface area contributed by atoms with Crippen LogP contribution in [-0.2, 0) is 21.8 Å². The molecule has 0 unspecified atom stereocenters. The minimum Gasteiger partial charge on any atom is -0.385 e. The molecule has 0 bridgehead atoms. The topological polar surface area (TPSA) is 95.1 Å². The normalized spacial score (nSPS) is 32.1. The lowest BCUT2D eigenvalue weighted by molar-refractivity contribution is -0.137. The summed E-state index contributed by atoms with van der Waals surface area (Å²) in [4.78, 5) is 0. The molecule has 10 heteroatoms. The Morgan fingerprint density at radius 1 is 1.32 bits per heavy atom. The van der Waals surface area contributed by atoms with Crippen LogP contribution in [-0.4, -0.2) is 36.0 Å². The Hall–Kier alpha value is -1.65. The van der Waals surface area contributed by atoms with Gasteiger partial charge in [0.05, 0.1) is 29.1 Å². The molecule has 6 nitrogen and oxygen atoms in total. The van der Waals surface area contributed by atoms with Crippen molar-refractivity contribution in [1.29, 1.82) is 0 Å². The summed E-state index contributed by atoms with van der Waals surface area (Å²) in [5.41, 5.74) is -1.87. The zero-order valence-electron chi connectivity index (χ0n) is 13.1. The third-order valence-corrected chi connectivity index (χ3v) is 5.92. The van der Waals surface area contributed by atoms with Crippen LogP contribution in [0, 0.1) is 11.8 Å². The number of benzene rings is 1. The highest BCUT2D eigenvalue weighted by atomic mass is 32.2. The number of sulfonamides is 1. The van der Waals surface area contributed by atoms with Crippen molar-refractivity contribution in [1.82, 2.24) is 14.9 Å². The van der Waals surface area contributed by atoms with Gasteiger partial charge in [0, 0.05) is 11.4 Å². The van der Waals surface area contributed by atoms with E-state index in [4.69, 9.17) is 0 Å². The second-order valence-electron chi connectivity index (χ2n) is 7.04. The van der Waals surface area contributed by atoms with Crippen molar-refractivity contribution in [2.24, 2.45) is 11.8 Å². The zero-order chi connectivity index (χ0) is 18.2. The van der Waals surface area contributed by atoms with Gasteiger partial charge in [0.25, 0.3) is 0 Å². The molecule has 2 fully saturated rings. The molecule has 0 saturated heterocycles. The van der Waals surface area contributed by atoms with Crippen LogP contribution in [0.15, 0.2) is 18.3 Å². The molecule has 4 rings (SSSR count). The molecule has 0 spiro atoms. The van der Waals surface area contributed by atoms with E-state index in [0.717, 1.165) is 18.4 Å². The van der Waals surface area contributed by atoms with Gasteiger partial charge in [-0.1, -0.05) is 0 Å². The van der Waals surface area contributed by atoms with Crippen molar-refractivity contribution < 1.29 is 26.7 Å². The highest BCUT2D eigenvalue weighted by Gasteiger charge is 2.62. The third kappa shape index (κ3) is 2.81. The van der Waals surface area contributed by atoms with Gasteiger partial charge in [0.2, 0.25) is 10.0 Å². The quantitative estimate of drug-likeness (QED) is 0.761. The van der Waals surface area contributed by atoms with Gasteiger partial charge in [-0.3, -0.25) is 5.10 Å². The standard InChI is InChI=1S/C15H16F3N3O3S/c1-25(23,24)21-13-8-4-14(22,5-9(8)13)11-2-7(15(16,17)18)3-12-10(11)6-19-20-12/h2-3,6,8-9,13,21-22H,4-5H2,1H3,(H,19,20)/t8-,9+,13+,14-. The van der Waals surface area contributed by atoms with Gasteiger partial charge < -0.3 is 5.11 Å². The zero-order valence-corrected chi connectivity index (χ0v) is 13.9. The highest BCUT2D eigenvalue weighted by Crippen LogP contribution is 2.60. The molecule has 1 heterocycles. The average molecular weight is 375 g/mol. The lowest BCUT2D eigenvalue weighted by atomic mass is 9.85. The molecule has 136 valence electrons. The molecule has 2 aliphatic carbocycles. The van der Waals surface area contributed by atoms with Gasteiger partial charge in [0.15, 0.2) is 0 Å². The van der Waals surface area contributed by atoms with Crippen LogP contribution < -0.4 is 4.72 Å². The minimum atomic E-state index is -4.54. The number of H-pyrrole nitrogens is 1. The predicted octanol–water partition coefficient (Wildman–Crippen LogP) is 1.73. The molecular formula is C15H16F3N3O3S. The maximum Gasteiger partial charge on any atom is 0.416 e. The first-order valence-corrected chi connectivity index (χ1v) is 9.62. The van der Waals surface area contributed by atoms with E-state index in [2.05, 4.69) is 14.9 Å². The Morgan fingerprint density at radius 3 is 2.52 bits per heavy atom. The first kappa shape index (κ1) is 16.8. The van der Waals surface area contributed by atoms with Crippen LogP contribution >= 0.6 is 0 Å². The summed E-state index contributed by atoms with van der Waals surface area (Å²) in [6.45, 7) is 0. The summed E-state index contributed by atoms with van der Waals surface area (Å²) in [7, 11) is -3.35. The molecule has 0 radical (unpaired) electrons. The Kier molecular flexibility index (Phi) is 3.33. The number of nitrogens with one attached hydrogen (secondary N) is 2. The second kappa shape index (κ2) is 4.95. The van der Waals surface area contributed by atoms with Gasteiger partial charge in [-0.25, -0.2) is 13.1 Å². The van der Waals surface area contributed by atoms with Crippen molar-refractivity contribution in [3.63, 3.8) is 0 Å². The van der Waals surface area contributed by atoms with Crippen molar-refractivity contribution in [3.05, 3.63) is 29.5 Å². The number of nitrogens with zero attached hydrogens (tertiary/aromatic N) is 1. The molecule has 2 saturated carbocycles. The van der Waals surface area contributed by atoms with Crippen LogP contribution in [0.1, 0.15) is 24.0 Å². The SMILES string of the molecule is CS(=O)(=O)N[C@H]1[C@@H]2C[C@](O)(c3cc(C(F)(F)F)cc4[nH]ncc34)C[C@@H]21. The Balaban J connectivity index is 1.68. The molecule has 2 aliphatic rings. The Labute approximate surface area is 141 Å². The molecular weight excluding hydrogens is 359 g/mol. The molecule has 1 aromatic heterocycles. The maximum absolute atomic E-state index is 13.2. The number of rotatable bonds is 3. The van der Waals surface area contributed by atoms with Crippen molar-refractivity contribution in [3.8, 4) is 0 Å². The van der Waals surface area contributed by atoms with E-state index in [1.165, 1.54) is 6.20 Å². The van der Waals surface area contributed by atoms with Crippen LogP contribution in [0.4, 0.5) is 13.2 Å². The second-order valence-corrected chi connectivity index (χ2v) is 8.82. The summed E-state index contributed by atoms with van der Waals surface area (Å²) in [5, 5.41) is 17.8. The summed E-state index contributed by atoms with van der Waals surface area (Å²) in [6.07, 6.45) is -1.64. The summed E-state index contributed by atoms with van der Waals surface area (Å²) in [6, 6.07) is 1.70. The fourth-order valence-electron chi connectivity index (χ4n) is 4.11. The number of halogens is 3. The molecule has 0 amide bonds. The first-order chi connectivity index (χ1) is 11.5. The average Bonchev–Trinajstić information content (AvgIpc) is 2.89. The number of aromatic nitrogens is 2. The van der Waals surface area contributed by atoms with E-state index < -0.39 is 27.4 Å².